The van der Waals surface area contributed by atoms with Gasteiger partial charge in [-0.05, 0) is 37.6 Å². The second-order valence-corrected chi connectivity index (χ2v) is 5.81. The minimum Gasteiger partial charge on any atom is -0.334 e. The molecule has 1 amide bonds. The molecule has 3 rings (SSSR count). The van der Waals surface area contributed by atoms with Gasteiger partial charge < -0.3 is 20.2 Å². The van der Waals surface area contributed by atoms with Crippen LogP contribution >= 0.6 is 12.4 Å². The molecule has 8 heteroatoms. The van der Waals surface area contributed by atoms with Crippen molar-refractivity contribution in [2.45, 2.75) is 25.8 Å². The first-order valence-corrected chi connectivity index (χ1v) is 7.88. The lowest BCUT2D eigenvalue weighted by Crippen LogP contribution is -2.42. The van der Waals surface area contributed by atoms with Gasteiger partial charge in [0.25, 0.3) is 5.91 Å². The molecule has 1 saturated heterocycles. The molecule has 2 aromatic rings. The van der Waals surface area contributed by atoms with E-state index in [0.717, 1.165) is 25.9 Å². The molecule has 1 atom stereocenters. The number of hydrogen-bond donors (Lipinski definition) is 3. The van der Waals surface area contributed by atoms with Gasteiger partial charge in [0.1, 0.15) is 0 Å². The maximum absolute atomic E-state index is 12.9. The third kappa shape index (κ3) is 3.52. The van der Waals surface area contributed by atoms with Gasteiger partial charge in [0.2, 0.25) is 0 Å². The van der Waals surface area contributed by atoms with Crippen molar-refractivity contribution >= 4 is 29.3 Å². The maximum Gasteiger partial charge on any atom is 0.314 e. The van der Waals surface area contributed by atoms with Crippen LogP contribution in [0.1, 0.15) is 30.1 Å². The molecule has 0 bridgehead atoms. The van der Waals surface area contributed by atoms with E-state index in [1.807, 2.05) is 11.8 Å². The van der Waals surface area contributed by atoms with Gasteiger partial charge in [-0.2, -0.15) is 0 Å². The first kappa shape index (κ1) is 18.2. The minimum absolute atomic E-state index is 0. The van der Waals surface area contributed by atoms with Gasteiger partial charge in [0.15, 0.2) is 0 Å². The topological polar surface area (TPSA) is 98.1 Å². The van der Waals surface area contributed by atoms with Crippen molar-refractivity contribution in [3.8, 4) is 0 Å². The molecular weight excluding hydrogens is 332 g/mol. The number of halogens is 1. The zero-order chi connectivity index (χ0) is 16.4. The molecule has 1 aliphatic heterocycles. The Morgan fingerprint density at radius 3 is 2.54 bits per heavy atom. The summed E-state index contributed by atoms with van der Waals surface area (Å²) in [6.45, 7) is 4.48. The van der Waals surface area contributed by atoms with Gasteiger partial charge >= 0.3 is 11.1 Å². The normalized spacial score (nSPS) is 16.8. The summed E-state index contributed by atoms with van der Waals surface area (Å²) in [5.41, 5.74) is 0.0754. The van der Waals surface area contributed by atoms with E-state index in [-0.39, 0.29) is 24.4 Å². The lowest BCUT2D eigenvalue weighted by Gasteiger charge is -2.28. The number of aromatic nitrogens is 2. The number of carbonyl (C=O) groups excluding carboxylic acids is 1. The summed E-state index contributed by atoms with van der Waals surface area (Å²) in [6.07, 6.45) is 1.84. The Bertz CT molecular complexity index is 839. The van der Waals surface area contributed by atoms with Crippen LogP contribution in [0.15, 0.2) is 27.8 Å². The number of aromatic amines is 2. The number of nitrogens with one attached hydrogen (secondary N) is 3. The zero-order valence-electron chi connectivity index (χ0n) is 13.4. The Morgan fingerprint density at radius 1 is 1.21 bits per heavy atom. The quantitative estimate of drug-likeness (QED) is 0.710. The summed E-state index contributed by atoms with van der Waals surface area (Å²) in [5, 5.41) is 3.28. The molecule has 2 heterocycles. The summed E-state index contributed by atoms with van der Waals surface area (Å²) < 4.78 is 0. The van der Waals surface area contributed by atoms with Crippen LogP contribution in [0, 0.1) is 0 Å². The molecule has 1 unspecified atom stereocenters. The molecule has 0 saturated carbocycles. The van der Waals surface area contributed by atoms with Crippen LogP contribution in [-0.2, 0) is 0 Å². The van der Waals surface area contributed by atoms with E-state index in [4.69, 9.17) is 0 Å². The average molecular weight is 353 g/mol. The molecule has 0 spiro atoms. The molecule has 24 heavy (non-hydrogen) atoms. The number of rotatable bonds is 4. The van der Waals surface area contributed by atoms with Crippen LogP contribution in [0.25, 0.3) is 11.0 Å². The van der Waals surface area contributed by atoms with Crippen molar-refractivity contribution < 1.29 is 4.79 Å². The molecule has 3 N–H and O–H groups in total. The van der Waals surface area contributed by atoms with E-state index in [9.17, 15) is 14.4 Å². The van der Waals surface area contributed by atoms with E-state index < -0.39 is 11.1 Å². The Balaban J connectivity index is 0.00000208. The van der Waals surface area contributed by atoms with E-state index in [1.54, 1.807) is 18.2 Å². The van der Waals surface area contributed by atoms with Crippen molar-refractivity contribution in [1.82, 2.24) is 20.2 Å². The predicted octanol–water partition coefficient (Wildman–Crippen LogP) is 0.852. The Kier molecular flexibility index (Phi) is 5.80. The highest BCUT2D eigenvalue weighted by atomic mass is 35.5. The summed E-state index contributed by atoms with van der Waals surface area (Å²) in [4.78, 5) is 42.6. The van der Waals surface area contributed by atoms with Crippen LogP contribution in [0.5, 0.6) is 0 Å². The van der Waals surface area contributed by atoms with Crippen molar-refractivity contribution in [1.29, 1.82) is 0 Å². The Hall–Kier alpha value is -2.12. The molecule has 0 radical (unpaired) electrons. The molecule has 0 aliphatic carbocycles. The van der Waals surface area contributed by atoms with Crippen LogP contribution in [-0.4, -0.2) is 46.5 Å². The summed E-state index contributed by atoms with van der Waals surface area (Å²) in [6, 6.07) is 5.16. The van der Waals surface area contributed by atoms with Crippen molar-refractivity contribution in [3.63, 3.8) is 0 Å². The second kappa shape index (κ2) is 7.63. The molecule has 130 valence electrons. The van der Waals surface area contributed by atoms with E-state index in [1.165, 1.54) is 0 Å². The monoisotopic (exact) mass is 352 g/mol. The van der Waals surface area contributed by atoms with Crippen molar-refractivity contribution in [3.05, 3.63) is 44.5 Å². The standard InChI is InChI=1S/C16H20N4O3.ClH/c1-2-7-20(11-5-6-17-9-11)16(23)10-3-4-12-13(8-10)19-15(22)14(21)18-12;/h3-4,8,11,17H,2,5-7,9H2,1H3,(H,18,21)(H,19,22);1H. The molecule has 1 aromatic carbocycles. The summed E-state index contributed by atoms with van der Waals surface area (Å²) in [5.74, 6) is -0.0468. The molecule has 1 aromatic heterocycles. The fraction of sp³-hybridized carbons (Fsp3) is 0.438. The van der Waals surface area contributed by atoms with Gasteiger partial charge in [-0.25, -0.2) is 0 Å². The highest BCUT2D eigenvalue weighted by Gasteiger charge is 2.26. The fourth-order valence-corrected chi connectivity index (χ4v) is 3.01. The lowest BCUT2D eigenvalue weighted by atomic mass is 10.1. The Morgan fingerprint density at radius 2 is 1.92 bits per heavy atom. The highest BCUT2D eigenvalue weighted by Crippen LogP contribution is 2.16. The van der Waals surface area contributed by atoms with Gasteiger partial charge in [-0.15, -0.1) is 12.4 Å². The maximum atomic E-state index is 12.9. The van der Waals surface area contributed by atoms with E-state index in [2.05, 4.69) is 15.3 Å². The fourth-order valence-electron chi connectivity index (χ4n) is 3.01. The summed E-state index contributed by atoms with van der Waals surface area (Å²) in [7, 11) is 0. The molecular formula is C16H21ClN4O3. The molecule has 7 nitrogen and oxygen atoms in total. The average Bonchev–Trinajstić information content (AvgIpc) is 3.07. The third-order valence-electron chi connectivity index (χ3n) is 4.17. The van der Waals surface area contributed by atoms with Crippen LogP contribution in [0.2, 0.25) is 0 Å². The van der Waals surface area contributed by atoms with Crippen LogP contribution in [0.3, 0.4) is 0 Å². The zero-order valence-corrected chi connectivity index (χ0v) is 14.2. The first-order chi connectivity index (χ1) is 11.1. The third-order valence-corrected chi connectivity index (χ3v) is 4.17. The number of nitrogens with zero attached hydrogens (tertiary/aromatic N) is 1. The Labute approximate surface area is 144 Å². The highest BCUT2D eigenvalue weighted by molar-refractivity contribution is 5.97. The van der Waals surface area contributed by atoms with Crippen molar-refractivity contribution in [2.75, 3.05) is 19.6 Å². The smallest absolute Gasteiger partial charge is 0.314 e. The van der Waals surface area contributed by atoms with Crippen LogP contribution < -0.4 is 16.4 Å². The number of benzene rings is 1. The second-order valence-electron chi connectivity index (χ2n) is 5.81. The van der Waals surface area contributed by atoms with Gasteiger partial charge in [0.05, 0.1) is 11.0 Å². The SMILES string of the molecule is CCCN(C(=O)c1ccc2[nH]c(=O)c(=O)[nH]c2c1)C1CCNC1.Cl. The molecule has 1 fully saturated rings. The number of hydrogen-bond acceptors (Lipinski definition) is 4. The molecule has 1 aliphatic rings. The number of carbonyl (C=O) groups is 1. The van der Waals surface area contributed by atoms with Gasteiger partial charge in [0, 0.05) is 24.7 Å². The summed E-state index contributed by atoms with van der Waals surface area (Å²) >= 11 is 0. The van der Waals surface area contributed by atoms with Gasteiger partial charge in [-0.3, -0.25) is 14.4 Å². The van der Waals surface area contributed by atoms with Crippen molar-refractivity contribution in [2.24, 2.45) is 0 Å². The number of fused-ring (bicyclic) bond motifs is 1. The first-order valence-electron chi connectivity index (χ1n) is 7.88. The lowest BCUT2D eigenvalue weighted by molar-refractivity contribution is 0.0692. The van der Waals surface area contributed by atoms with Crippen LogP contribution in [0.4, 0.5) is 0 Å². The van der Waals surface area contributed by atoms with E-state index in [0.29, 0.717) is 23.1 Å². The number of amides is 1. The van der Waals surface area contributed by atoms with E-state index >= 15 is 0 Å². The van der Waals surface area contributed by atoms with Gasteiger partial charge in [-0.1, -0.05) is 6.92 Å². The predicted molar refractivity (Wildman–Crippen MR) is 95.0 cm³/mol. The largest absolute Gasteiger partial charge is 0.334 e. The minimum atomic E-state index is -0.715. The number of H-pyrrole nitrogens is 2.